The van der Waals surface area contributed by atoms with Crippen LogP contribution in [0, 0.1) is 0 Å². The van der Waals surface area contributed by atoms with Gasteiger partial charge in [0.1, 0.15) is 5.75 Å². The van der Waals surface area contributed by atoms with E-state index in [0.717, 1.165) is 8.78 Å². The second-order valence-corrected chi connectivity index (χ2v) is 11.6. The lowest BCUT2D eigenvalue weighted by molar-refractivity contribution is -0.116. The fourth-order valence-corrected chi connectivity index (χ4v) is 5.55. The molecular weight excluding hydrogens is 599 g/mol. The number of carbonyl (C=O) groups is 1. The summed E-state index contributed by atoms with van der Waals surface area (Å²) < 4.78 is 34.8. The van der Waals surface area contributed by atoms with Crippen molar-refractivity contribution in [3.05, 3.63) is 117 Å². The van der Waals surface area contributed by atoms with E-state index >= 15 is 0 Å². The molecule has 0 radical (unpaired) electrons. The minimum Gasteiger partial charge on any atom is -0.455 e. The van der Waals surface area contributed by atoms with Gasteiger partial charge in [-0.25, -0.2) is 8.42 Å². The zero-order chi connectivity index (χ0) is 26.4. The minimum absolute atomic E-state index is 0.0430. The molecule has 0 aliphatic rings. The molecule has 37 heavy (non-hydrogen) atoms. The quantitative estimate of drug-likeness (QED) is 0.212. The van der Waals surface area contributed by atoms with Crippen LogP contribution in [-0.4, -0.2) is 25.2 Å². The number of anilines is 1. The Bertz CT molecular complexity index is 1500. The number of nitrogens with zero attached hydrogens (tertiary/aromatic N) is 1. The fourth-order valence-electron chi connectivity index (χ4n) is 3.45. The molecule has 0 aliphatic carbocycles. The van der Waals surface area contributed by atoms with E-state index in [0.29, 0.717) is 32.8 Å². The summed E-state index contributed by atoms with van der Waals surface area (Å²) in [5.74, 6) is 0.473. The second kappa shape index (κ2) is 12.1. The molecule has 0 aromatic heterocycles. The van der Waals surface area contributed by atoms with Crippen LogP contribution in [0.5, 0.6) is 11.5 Å². The summed E-state index contributed by atoms with van der Waals surface area (Å²) >= 11 is 15.6. The smallest absolute Gasteiger partial charge is 0.243 e. The zero-order valence-electron chi connectivity index (χ0n) is 19.3. The molecule has 4 rings (SSSR count). The first-order valence-electron chi connectivity index (χ1n) is 11.0. The van der Waals surface area contributed by atoms with Crippen LogP contribution >= 0.6 is 39.1 Å². The van der Waals surface area contributed by atoms with Crippen LogP contribution in [-0.2, 0) is 21.4 Å². The van der Waals surface area contributed by atoms with Gasteiger partial charge in [0.05, 0.1) is 17.1 Å². The van der Waals surface area contributed by atoms with Crippen molar-refractivity contribution in [2.45, 2.75) is 11.4 Å². The number of benzene rings is 4. The molecular formula is C27H21BrCl2N2O4S. The number of hydrogen-bond donors (Lipinski definition) is 1. The Morgan fingerprint density at radius 2 is 1.57 bits per heavy atom. The first-order valence-corrected chi connectivity index (χ1v) is 14.0. The van der Waals surface area contributed by atoms with Gasteiger partial charge in [0, 0.05) is 21.1 Å². The zero-order valence-corrected chi connectivity index (χ0v) is 23.2. The van der Waals surface area contributed by atoms with Crippen molar-refractivity contribution in [3.8, 4) is 11.5 Å². The van der Waals surface area contributed by atoms with Gasteiger partial charge < -0.3 is 10.1 Å². The maximum Gasteiger partial charge on any atom is 0.243 e. The number of carbonyl (C=O) groups excluding carboxylic acids is 1. The van der Waals surface area contributed by atoms with Crippen molar-refractivity contribution in [2.24, 2.45) is 0 Å². The van der Waals surface area contributed by atoms with E-state index in [1.165, 1.54) is 18.2 Å². The number of rotatable bonds is 9. The van der Waals surface area contributed by atoms with Gasteiger partial charge in [-0.2, -0.15) is 4.31 Å². The number of amides is 1. The summed E-state index contributed by atoms with van der Waals surface area (Å²) in [6.45, 7) is -0.596. The number of ether oxygens (including phenoxy) is 1. The van der Waals surface area contributed by atoms with Gasteiger partial charge in [0.2, 0.25) is 15.9 Å². The van der Waals surface area contributed by atoms with Crippen LogP contribution < -0.4 is 10.1 Å². The van der Waals surface area contributed by atoms with E-state index in [-0.39, 0.29) is 11.4 Å². The van der Waals surface area contributed by atoms with Crippen molar-refractivity contribution >= 4 is 60.7 Å². The summed E-state index contributed by atoms with van der Waals surface area (Å²) in [5, 5.41) is 3.49. The van der Waals surface area contributed by atoms with Gasteiger partial charge in [-0.3, -0.25) is 4.79 Å². The third kappa shape index (κ3) is 7.12. The molecule has 0 heterocycles. The van der Waals surface area contributed by atoms with Crippen molar-refractivity contribution in [1.82, 2.24) is 4.31 Å². The highest BCUT2D eigenvalue weighted by Gasteiger charge is 2.28. The molecule has 0 bridgehead atoms. The Labute approximate surface area is 234 Å². The van der Waals surface area contributed by atoms with Crippen molar-refractivity contribution in [2.75, 3.05) is 11.9 Å². The maximum atomic E-state index is 13.6. The normalized spacial score (nSPS) is 11.4. The van der Waals surface area contributed by atoms with Gasteiger partial charge in [-0.05, 0) is 66.2 Å². The molecule has 0 fully saturated rings. The fraction of sp³-hybridized carbons (Fsp3) is 0.0741. The predicted molar refractivity (Wildman–Crippen MR) is 150 cm³/mol. The summed E-state index contributed by atoms with van der Waals surface area (Å²) in [5.41, 5.74) is 0.911. The van der Waals surface area contributed by atoms with Gasteiger partial charge >= 0.3 is 0 Å². The summed E-state index contributed by atoms with van der Waals surface area (Å²) in [6.07, 6.45) is 0. The van der Waals surface area contributed by atoms with Crippen LogP contribution in [0.2, 0.25) is 10.0 Å². The van der Waals surface area contributed by atoms with E-state index in [4.69, 9.17) is 27.9 Å². The molecule has 0 spiro atoms. The molecule has 6 nitrogen and oxygen atoms in total. The van der Waals surface area contributed by atoms with Crippen molar-refractivity contribution < 1.29 is 17.9 Å². The van der Waals surface area contributed by atoms with Gasteiger partial charge in [-0.1, -0.05) is 75.5 Å². The average Bonchev–Trinajstić information content (AvgIpc) is 2.87. The van der Waals surface area contributed by atoms with Gasteiger partial charge in [0.25, 0.3) is 0 Å². The predicted octanol–water partition coefficient (Wildman–Crippen LogP) is 7.38. The maximum absolute atomic E-state index is 13.6. The molecule has 4 aromatic carbocycles. The average molecular weight is 620 g/mol. The van der Waals surface area contributed by atoms with E-state index in [9.17, 15) is 13.2 Å². The van der Waals surface area contributed by atoms with E-state index in [1.54, 1.807) is 60.7 Å². The highest BCUT2D eigenvalue weighted by Crippen LogP contribution is 2.30. The molecule has 0 unspecified atom stereocenters. The largest absolute Gasteiger partial charge is 0.455 e. The summed E-state index contributed by atoms with van der Waals surface area (Å²) in [4.78, 5) is 13.2. The molecule has 4 aromatic rings. The topological polar surface area (TPSA) is 75.7 Å². The van der Waals surface area contributed by atoms with Crippen LogP contribution in [0.3, 0.4) is 0 Å². The van der Waals surface area contributed by atoms with Crippen LogP contribution in [0.4, 0.5) is 5.69 Å². The lowest BCUT2D eigenvalue weighted by atomic mass is 10.2. The van der Waals surface area contributed by atoms with Crippen LogP contribution in [0.15, 0.2) is 106 Å². The Morgan fingerprint density at radius 3 is 2.27 bits per heavy atom. The number of para-hydroxylation sites is 3. The lowest BCUT2D eigenvalue weighted by Gasteiger charge is -2.23. The van der Waals surface area contributed by atoms with Crippen LogP contribution in [0.25, 0.3) is 0 Å². The monoisotopic (exact) mass is 618 g/mol. The van der Waals surface area contributed by atoms with E-state index in [2.05, 4.69) is 21.2 Å². The number of halogens is 3. The molecule has 0 aliphatic heterocycles. The standard InChI is InChI=1S/C27H21BrCl2N2O4S/c28-20-11-14-23(15-12-20)37(34,35)32(17-19-10-13-21(29)16-24(19)30)18-27(33)31-25-8-4-5-9-26(25)36-22-6-2-1-3-7-22/h1-16H,17-18H2,(H,31,33). The van der Waals surface area contributed by atoms with E-state index in [1.807, 2.05) is 18.2 Å². The molecule has 1 N–H and O–H groups in total. The Balaban J connectivity index is 1.60. The van der Waals surface area contributed by atoms with Crippen LogP contribution in [0.1, 0.15) is 5.56 Å². The molecule has 1 amide bonds. The van der Waals surface area contributed by atoms with Crippen molar-refractivity contribution in [1.29, 1.82) is 0 Å². The highest BCUT2D eigenvalue weighted by atomic mass is 79.9. The SMILES string of the molecule is O=C(CN(Cc1ccc(Cl)cc1Cl)S(=O)(=O)c1ccc(Br)cc1)Nc1ccccc1Oc1ccccc1. The molecule has 0 atom stereocenters. The Morgan fingerprint density at radius 1 is 0.892 bits per heavy atom. The molecule has 0 saturated carbocycles. The number of hydrogen-bond acceptors (Lipinski definition) is 4. The number of sulfonamides is 1. The van der Waals surface area contributed by atoms with Gasteiger partial charge in [-0.15, -0.1) is 0 Å². The first-order chi connectivity index (χ1) is 17.7. The molecule has 0 saturated heterocycles. The lowest BCUT2D eigenvalue weighted by Crippen LogP contribution is -2.37. The second-order valence-electron chi connectivity index (χ2n) is 7.92. The van der Waals surface area contributed by atoms with Crippen molar-refractivity contribution in [3.63, 3.8) is 0 Å². The highest BCUT2D eigenvalue weighted by molar-refractivity contribution is 9.10. The van der Waals surface area contributed by atoms with E-state index < -0.39 is 22.5 Å². The third-order valence-corrected chi connectivity index (χ3v) is 8.19. The van der Waals surface area contributed by atoms with Gasteiger partial charge in [0.15, 0.2) is 5.75 Å². The molecule has 10 heteroatoms. The summed E-state index contributed by atoms with van der Waals surface area (Å²) in [7, 11) is -4.06. The summed E-state index contributed by atoms with van der Waals surface area (Å²) in [6, 6.07) is 27.0. The molecule has 190 valence electrons. The minimum atomic E-state index is -4.06. The Kier molecular flexibility index (Phi) is 8.89. The first kappa shape index (κ1) is 27.2. The number of nitrogens with one attached hydrogen (secondary N) is 1. The Hall–Kier alpha value is -2.88. The third-order valence-electron chi connectivity index (χ3n) is 5.27.